The molecule has 2 N–H and O–H groups in total. The molecule has 1 aromatic heterocycles. The first-order valence-electron chi connectivity index (χ1n) is 5.79. The van der Waals surface area contributed by atoms with E-state index < -0.39 is 11.7 Å². The van der Waals surface area contributed by atoms with E-state index in [1.807, 2.05) is 20.1 Å². The number of amides is 1. The predicted molar refractivity (Wildman–Crippen MR) is 73.7 cm³/mol. The molecule has 4 nitrogen and oxygen atoms in total. The summed E-state index contributed by atoms with van der Waals surface area (Å²) < 4.78 is 13.9. The fourth-order valence-corrected chi connectivity index (χ4v) is 1.57. The quantitative estimate of drug-likeness (QED) is 0.832. The Kier molecular flexibility index (Phi) is 5.91. The van der Waals surface area contributed by atoms with Crippen molar-refractivity contribution >= 4 is 23.5 Å². The summed E-state index contributed by atoms with van der Waals surface area (Å²) in [4.78, 5) is 15.7. The Morgan fingerprint density at radius 2 is 2.33 bits per heavy atom. The monoisotopic (exact) mass is 271 g/mol. The van der Waals surface area contributed by atoms with Crippen LogP contribution in [0.15, 0.2) is 12.3 Å². The molecule has 0 saturated heterocycles. The van der Waals surface area contributed by atoms with Crippen LogP contribution in [0.1, 0.15) is 24.2 Å². The summed E-state index contributed by atoms with van der Waals surface area (Å²) in [5.41, 5.74) is 0.0225. The fourth-order valence-electron chi connectivity index (χ4n) is 1.32. The van der Waals surface area contributed by atoms with Gasteiger partial charge in [-0.05, 0) is 19.2 Å². The van der Waals surface area contributed by atoms with Gasteiger partial charge in [0.05, 0.1) is 5.56 Å². The van der Waals surface area contributed by atoms with Crippen LogP contribution in [-0.2, 0) is 0 Å². The van der Waals surface area contributed by atoms with Gasteiger partial charge in [0, 0.05) is 24.5 Å². The molecule has 100 valence electrons. The summed E-state index contributed by atoms with van der Waals surface area (Å²) in [5.74, 6) is -0.897. The van der Waals surface area contributed by atoms with Crippen LogP contribution in [0.3, 0.4) is 0 Å². The third kappa shape index (κ3) is 3.87. The molecule has 1 heterocycles. The summed E-state index contributed by atoms with van der Waals surface area (Å²) in [6.45, 7) is 4.91. The Hall–Kier alpha value is -1.30. The maximum absolute atomic E-state index is 13.9. The zero-order valence-corrected chi connectivity index (χ0v) is 11.6. The van der Waals surface area contributed by atoms with Crippen molar-refractivity contribution in [1.82, 2.24) is 10.3 Å². The van der Waals surface area contributed by atoms with E-state index in [0.29, 0.717) is 18.3 Å². The number of hydrogen-bond donors (Lipinski definition) is 2. The number of halogens is 1. The summed E-state index contributed by atoms with van der Waals surface area (Å²) in [7, 11) is 0. The fraction of sp³-hybridized carbons (Fsp3) is 0.500. The largest absolute Gasteiger partial charge is 0.368 e. The lowest BCUT2D eigenvalue weighted by Gasteiger charge is -2.11. The highest BCUT2D eigenvalue weighted by molar-refractivity contribution is 7.99. The van der Waals surface area contributed by atoms with Crippen molar-refractivity contribution in [2.45, 2.75) is 19.1 Å². The molecule has 0 spiro atoms. The van der Waals surface area contributed by atoms with Gasteiger partial charge in [0.2, 0.25) is 0 Å². The number of pyridine rings is 1. The van der Waals surface area contributed by atoms with Crippen LogP contribution < -0.4 is 10.6 Å². The molecule has 0 aliphatic heterocycles. The van der Waals surface area contributed by atoms with Gasteiger partial charge in [0.1, 0.15) is 0 Å². The molecule has 18 heavy (non-hydrogen) atoms. The van der Waals surface area contributed by atoms with Gasteiger partial charge in [-0.25, -0.2) is 9.37 Å². The van der Waals surface area contributed by atoms with Gasteiger partial charge in [-0.2, -0.15) is 11.8 Å². The van der Waals surface area contributed by atoms with Gasteiger partial charge in [0.15, 0.2) is 11.6 Å². The minimum atomic E-state index is -0.603. The van der Waals surface area contributed by atoms with Crippen LogP contribution in [0.5, 0.6) is 0 Å². The Balaban J connectivity index is 2.76. The second-order valence-corrected chi connectivity index (χ2v) is 5.08. The lowest BCUT2D eigenvalue weighted by atomic mass is 10.2. The van der Waals surface area contributed by atoms with Gasteiger partial charge < -0.3 is 10.6 Å². The lowest BCUT2D eigenvalue weighted by Crippen LogP contribution is -2.30. The molecule has 1 amide bonds. The number of nitrogens with zero attached hydrogens (tertiary/aromatic N) is 1. The maximum atomic E-state index is 13.9. The van der Waals surface area contributed by atoms with E-state index in [1.165, 1.54) is 12.3 Å². The molecule has 0 aliphatic rings. The number of carbonyl (C=O) groups is 1. The number of anilines is 1. The minimum Gasteiger partial charge on any atom is -0.368 e. The second-order valence-electron chi connectivity index (χ2n) is 3.81. The van der Waals surface area contributed by atoms with E-state index in [4.69, 9.17) is 0 Å². The van der Waals surface area contributed by atoms with Crippen molar-refractivity contribution in [1.29, 1.82) is 0 Å². The standard InChI is InChI=1S/C12H18FN3OS/c1-4-14-11-10(13)9(5-6-15-11)12(17)16-7-8(2)18-3/h5-6,8H,4,7H2,1-3H3,(H,14,15)(H,16,17). The van der Waals surface area contributed by atoms with E-state index in [0.717, 1.165) is 0 Å². The van der Waals surface area contributed by atoms with Gasteiger partial charge in [-0.3, -0.25) is 4.79 Å². The third-order valence-corrected chi connectivity index (χ3v) is 3.40. The van der Waals surface area contributed by atoms with Gasteiger partial charge in [-0.1, -0.05) is 6.92 Å². The third-order valence-electron chi connectivity index (χ3n) is 2.43. The molecule has 0 fully saturated rings. The van der Waals surface area contributed by atoms with Crippen molar-refractivity contribution < 1.29 is 9.18 Å². The van der Waals surface area contributed by atoms with E-state index in [-0.39, 0.29) is 11.4 Å². The smallest absolute Gasteiger partial charge is 0.254 e. The number of carbonyl (C=O) groups excluding carboxylic acids is 1. The van der Waals surface area contributed by atoms with Crippen molar-refractivity contribution in [3.8, 4) is 0 Å². The first kappa shape index (κ1) is 14.8. The van der Waals surface area contributed by atoms with Crippen LogP contribution in [0.2, 0.25) is 0 Å². The molecule has 6 heteroatoms. The molecule has 0 bridgehead atoms. The Morgan fingerprint density at radius 3 is 2.94 bits per heavy atom. The van der Waals surface area contributed by atoms with Gasteiger partial charge >= 0.3 is 0 Å². The first-order chi connectivity index (χ1) is 8.60. The number of hydrogen-bond acceptors (Lipinski definition) is 4. The van der Waals surface area contributed by atoms with Crippen LogP contribution in [-0.4, -0.2) is 35.5 Å². The topological polar surface area (TPSA) is 54.0 Å². The molecular weight excluding hydrogens is 253 g/mol. The van der Waals surface area contributed by atoms with Crippen molar-refractivity contribution in [2.24, 2.45) is 0 Å². The molecule has 1 atom stereocenters. The molecule has 0 radical (unpaired) electrons. The molecule has 1 unspecified atom stereocenters. The van der Waals surface area contributed by atoms with Crippen molar-refractivity contribution in [2.75, 3.05) is 24.7 Å². The first-order valence-corrected chi connectivity index (χ1v) is 7.08. The highest BCUT2D eigenvalue weighted by Crippen LogP contribution is 2.14. The average Bonchev–Trinajstić information content (AvgIpc) is 2.38. The summed E-state index contributed by atoms with van der Waals surface area (Å²) in [5, 5.41) is 5.78. The zero-order valence-electron chi connectivity index (χ0n) is 10.8. The van der Waals surface area contributed by atoms with Crippen LogP contribution in [0.25, 0.3) is 0 Å². The number of aromatic nitrogens is 1. The molecular formula is C12H18FN3OS. The lowest BCUT2D eigenvalue weighted by molar-refractivity contribution is 0.0950. The SMILES string of the molecule is CCNc1nccc(C(=O)NCC(C)SC)c1F. The van der Waals surface area contributed by atoms with E-state index in [2.05, 4.69) is 15.6 Å². The summed E-state index contributed by atoms with van der Waals surface area (Å²) >= 11 is 1.64. The van der Waals surface area contributed by atoms with E-state index in [9.17, 15) is 9.18 Å². The molecule has 0 saturated carbocycles. The summed E-state index contributed by atoms with van der Waals surface area (Å²) in [6.07, 6.45) is 3.39. The molecule has 1 aromatic rings. The highest BCUT2D eigenvalue weighted by Gasteiger charge is 2.15. The van der Waals surface area contributed by atoms with Crippen molar-refractivity contribution in [3.05, 3.63) is 23.6 Å². The zero-order chi connectivity index (χ0) is 13.5. The Bertz CT molecular complexity index is 414. The Labute approximate surface area is 111 Å². The maximum Gasteiger partial charge on any atom is 0.254 e. The molecule has 0 aliphatic carbocycles. The second kappa shape index (κ2) is 7.20. The Morgan fingerprint density at radius 1 is 1.61 bits per heavy atom. The summed E-state index contributed by atoms with van der Waals surface area (Å²) in [6, 6.07) is 1.38. The van der Waals surface area contributed by atoms with Crippen molar-refractivity contribution in [3.63, 3.8) is 0 Å². The number of rotatable bonds is 6. The number of thioether (sulfide) groups is 1. The predicted octanol–water partition coefficient (Wildman–Crippen LogP) is 2.13. The molecule has 1 rings (SSSR count). The molecule has 0 aromatic carbocycles. The average molecular weight is 271 g/mol. The van der Waals surface area contributed by atoms with Crippen LogP contribution >= 0.6 is 11.8 Å². The number of nitrogens with one attached hydrogen (secondary N) is 2. The van der Waals surface area contributed by atoms with Crippen LogP contribution in [0, 0.1) is 5.82 Å². The normalized spacial score (nSPS) is 12.0. The van der Waals surface area contributed by atoms with Gasteiger partial charge in [-0.15, -0.1) is 0 Å². The van der Waals surface area contributed by atoms with E-state index in [1.54, 1.807) is 11.8 Å². The highest BCUT2D eigenvalue weighted by atomic mass is 32.2. The minimum absolute atomic E-state index is 0.0225. The van der Waals surface area contributed by atoms with Crippen LogP contribution in [0.4, 0.5) is 10.2 Å². The van der Waals surface area contributed by atoms with E-state index >= 15 is 0 Å². The van der Waals surface area contributed by atoms with Gasteiger partial charge in [0.25, 0.3) is 5.91 Å².